The summed E-state index contributed by atoms with van der Waals surface area (Å²) < 4.78 is 10.7. The van der Waals surface area contributed by atoms with Gasteiger partial charge in [-0.05, 0) is 0 Å². The van der Waals surface area contributed by atoms with Crippen molar-refractivity contribution in [1.29, 1.82) is 0 Å². The molecule has 130 valence electrons. The van der Waals surface area contributed by atoms with Crippen LogP contribution in [0.5, 0.6) is 0 Å². The molecule has 2 rings (SSSR count). The van der Waals surface area contributed by atoms with Crippen molar-refractivity contribution in [1.82, 2.24) is 0 Å². The van der Waals surface area contributed by atoms with E-state index >= 15 is 0 Å². The predicted molar refractivity (Wildman–Crippen MR) is 71.2 cm³/mol. The van der Waals surface area contributed by atoms with Crippen LogP contribution in [0.4, 0.5) is 0 Å². The van der Waals surface area contributed by atoms with Crippen LogP contribution in [0.2, 0.25) is 0 Å². The van der Waals surface area contributed by atoms with Crippen molar-refractivity contribution in [2.45, 2.75) is 67.6 Å². The number of aliphatic hydroxyl groups excluding tert-OH is 6. The summed E-state index contributed by atoms with van der Waals surface area (Å²) in [5.74, 6) is 0. The minimum Gasteiger partial charge on any atom is -0.390 e. The second-order valence-corrected chi connectivity index (χ2v) is 5.79. The molecule has 0 aromatic carbocycles. The van der Waals surface area contributed by atoms with Gasteiger partial charge in [0.25, 0.3) is 0 Å². The summed E-state index contributed by atoms with van der Waals surface area (Å²) in [6, 6.07) is -1.14. The van der Waals surface area contributed by atoms with Crippen molar-refractivity contribution in [2.75, 3.05) is 6.54 Å². The Hall–Kier alpha value is -0.400. The van der Waals surface area contributed by atoms with Crippen LogP contribution in [0.1, 0.15) is 6.42 Å². The van der Waals surface area contributed by atoms with Crippen LogP contribution in [0.25, 0.3) is 0 Å². The van der Waals surface area contributed by atoms with E-state index in [0.29, 0.717) is 0 Å². The Morgan fingerprint density at radius 2 is 1.55 bits per heavy atom. The zero-order chi connectivity index (χ0) is 16.6. The molecule has 1 heterocycles. The molecule has 2 aliphatic rings. The van der Waals surface area contributed by atoms with Gasteiger partial charge < -0.3 is 51.6 Å². The van der Waals surface area contributed by atoms with Crippen LogP contribution in [-0.4, -0.2) is 98.3 Å². The molecular weight excluding hydrogens is 300 g/mol. The standard InChI is InChI=1S/C12H24N2O8/c13-2-5-8(18)9(19)6(14)12(21-5)22-11-4(16)1-3(15)7(17)10(11)20/h3-12,15-20H,1-2,13-14H2/t3-,4+,5+,6+,7-,8+,9+,10+,11+,12+/m0/s1. The lowest BCUT2D eigenvalue weighted by Gasteiger charge is -2.45. The van der Waals surface area contributed by atoms with E-state index in [9.17, 15) is 30.6 Å². The first-order valence-electron chi connectivity index (χ1n) is 7.12. The SMILES string of the molecule is NC[C@H]1O[C@H](O[C@H]2[C@H](O)[C@@H](O)[C@@H](O)C[C@H]2O)[C@H](N)[C@@H](O)[C@@H]1O. The van der Waals surface area contributed by atoms with Gasteiger partial charge in [0.1, 0.15) is 36.6 Å². The Labute approximate surface area is 126 Å². The molecule has 1 saturated carbocycles. The maximum atomic E-state index is 9.91. The van der Waals surface area contributed by atoms with Crippen LogP contribution in [0.3, 0.4) is 0 Å². The highest BCUT2D eigenvalue weighted by Crippen LogP contribution is 2.28. The number of rotatable bonds is 3. The first kappa shape index (κ1) is 17.9. The van der Waals surface area contributed by atoms with Gasteiger partial charge in [-0.15, -0.1) is 0 Å². The second kappa shape index (κ2) is 7.01. The van der Waals surface area contributed by atoms with Gasteiger partial charge in [-0.25, -0.2) is 0 Å². The molecule has 1 aliphatic heterocycles. The molecule has 10 nitrogen and oxygen atoms in total. The summed E-state index contributed by atoms with van der Waals surface area (Å²) in [5, 5.41) is 58.6. The number of ether oxygens (including phenoxy) is 2. The summed E-state index contributed by atoms with van der Waals surface area (Å²) in [7, 11) is 0. The molecule has 22 heavy (non-hydrogen) atoms. The molecule has 0 spiro atoms. The Morgan fingerprint density at radius 3 is 2.14 bits per heavy atom. The number of aliphatic hydroxyl groups is 6. The highest BCUT2D eigenvalue weighted by Gasteiger charge is 2.48. The summed E-state index contributed by atoms with van der Waals surface area (Å²) in [6.07, 6.45) is -11.9. The van der Waals surface area contributed by atoms with E-state index in [0.717, 1.165) is 0 Å². The van der Waals surface area contributed by atoms with Crippen LogP contribution in [0.15, 0.2) is 0 Å². The fourth-order valence-corrected chi connectivity index (χ4v) is 2.77. The van der Waals surface area contributed by atoms with Gasteiger partial charge in [0, 0.05) is 13.0 Å². The van der Waals surface area contributed by atoms with Gasteiger partial charge in [-0.1, -0.05) is 0 Å². The molecule has 10 N–H and O–H groups in total. The van der Waals surface area contributed by atoms with E-state index in [1.807, 2.05) is 0 Å². The van der Waals surface area contributed by atoms with Crippen molar-refractivity contribution in [3.05, 3.63) is 0 Å². The van der Waals surface area contributed by atoms with Crippen molar-refractivity contribution < 1.29 is 40.1 Å². The zero-order valence-electron chi connectivity index (χ0n) is 11.8. The molecule has 1 aliphatic carbocycles. The topological polar surface area (TPSA) is 192 Å². The lowest BCUT2D eigenvalue weighted by atomic mass is 9.87. The summed E-state index contributed by atoms with van der Waals surface area (Å²) in [6.45, 7) is -0.0953. The molecule has 10 atom stereocenters. The van der Waals surface area contributed by atoms with Gasteiger partial charge in [0.15, 0.2) is 6.29 Å². The maximum absolute atomic E-state index is 9.91. The van der Waals surface area contributed by atoms with Crippen LogP contribution < -0.4 is 11.5 Å². The van der Waals surface area contributed by atoms with E-state index in [1.165, 1.54) is 0 Å². The highest BCUT2D eigenvalue weighted by atomic mass is 16.7. The fourth-order valence-electron chi connectivity index (χ4n) is 2.77. The summed E-state index contributed by atoms with van der Waals surface area (Å²) in [5.41, 5.74) is 11.2. The molecule has 0 aromatic rings. The molecule has 0 bridgehead atoms. The van der Waals surface area contributed by atoms with E-state index in [-0.39, 0.29) is 13.0 Å². The second-order valence-electron chi connectivity index (χ2n) is 5.79. The minimum atomic E-state index is -1.56. The maximum Gasteiger partial charge on any atom is 0.176 e. The van der Waals surface area contributed by atoms with Crippen LogP contribution in [0, 0.1) is 0 Å². The third kappa shape index (κ3) is 3.26. The lowest BCUT2D eigenvalue weighted by Crippen LogP contribution is -2.66. The van der Waals surface area contributed by atoms with Gasteiger partial charge in [0.05, 0.1) is 18.2 Å². The Kier molecular flexibility index (Phi) is 5.72. The first-order chi connectivity index (χ1) is 10.3. The van der Waals surface area contributed by atoms with Gasteiger partial charge in [0.2, 0.25) is 0 Å². The van der Waals surface area contributed by atoms with E-state index < -0.39 is 61.2 Å². The Morgan fingerprint density at radius 1 is 0.909 bits per heavy atom. The summed E-state index contributed by atoms with van der Waals surface area (Å²) >= 11 is 0. The van der Waals surface area contributed by atoms with Gasteiger partial charge >= 0.3 is 0 Å². The molecule has 10 heteroatoms. The van der Waals surface area contributed by atoms with E-state index in [2.05, 4.69) is 0 Å². The van der Waals surface area contributed by atoms with Gasteiger partial charge in [-0.3, -0.25) is 0 Å². The highest BCUT2D eigenvalue weighted by molar-refractivity contribution is 4.96. The largest absolute Gasteiger partial charge is 0.390 e. The number of hydrogen-bond donors (Lipinski definition) is 8. The number of hydrogen-bond acceptors (Lipinski definition) is 10. The van der Waals surface area contributed by atoms with E-state index in [4.69, 9.17) is 20.9 Å². The molecule has 0 radical (unpaired) electrons. The quantitative estimate of drug-likeness (QED) is 0.249. The molecule has 1 saturated heterocycles. The molecule has 0 unspecified atom stereocenters. The van der Waals surface area contributed by atoms with Crippen molar-refractivity contribution in [2.24, 2.45) is 11.5 Å². The first-order valence-corrected chi connectivity index (χ1v) is 7.12. The van der Waals surface area contributed by atoms with Crippen molar-refractivity contribution >= 4 is 0 Å². The van der Waals surface area contributed by atoms with Crippen LogP contribution in [-0.2, 0) is 9.47 Å². The third-order valence-electron chi connectivity index (χ3n) is 4.21. The normalized spacial score (nSPS) is 53.5. The van der Waals surface area contributed by atoms with Crippen LogP contribution >= 0.6 is 0 Å². The zero-order valence-corrected chi connectivity index (χ0v) is 11.8. The smallest absolute Gasteiger partial charge is 0.176 e. The number of nitrogens with two attached hydrogens (primary N) is 2. The summed E-state index contributed by atoms with van der Waals surface area (Å²) in [4.78, 5) is 0. The van der Waals surface area contributed by atoms with Crippen molar-refractivity contribution in [3.8, 4) is 0 Å². The molecule has 0 aromatic heterocycles. The Balaban J connectivity index is 2.08. The van der Waals surface area contributed by atoms with Gasteiger partial charge in [-0.2, -0.15) is 0 Å². The molecule has 2 fully saturated rings. The lowest BCUT2D eigenvalue weighted by molar-refractivity contribution is -0.302. The van der Waals surface area contributed by atoms with E-state index in [1.54, 1.807) is 0 Å². The predicted octanol–water partition coefficient (Wildman–Crippen LogP) is -5.05. The monoisotopic (exact) mass is 324 g/mol. The average Bonchev–Trinajstić information content (AvgIpc) is 2.49. The fraction of sp³-hybridized carbons (Fsp3) is 1.00. The minimum absolute atomic E-state index is 0.0953. The average molecular weight is 324 g/mol. The molecule has 0 amide bonds. The third-order valence-corrected chi connectivity index (χ3v) is 4.21. The van der Waals surface area contributed by atoms with Crippen molar-refractivity contribution in [3.63, 3.8) is 0 Å². The molecular formula is C12H24N2O8. The Bertz CT molecular complexity index is 373.